The second kappa shape index (κ2) is 11.2. The topological polar surface area (TPSA) is 111 Å². The van der Waals surface area contributed by atoms with Crippen molar-refractivity contribution in [2.45, 2.75) is 6.54 Å². The zero-order chi connectivity index (χ0) is 22.8. The highest BCUT2D eigenvalue weighted by atomic mass is 16.5. The monoisotopic (exact) mass is 437 g/mol. The molecular formula is C23H23N3O6. The van der Waals surface area contributed by atoms with Gasteiger partial charge in [-0.25, -0.2) is 5.43 Å². The minimum atomic E-state index is -0.386. The average Bonchev–Trinajstić information content (AvgIpc) is 3.35. The molecule has 0 saturated carbocycles. The van der Waals surface area contributed by atoms with Crippen LogP contribution in [0.5, 0.6) is 17.2 Å². The van der Waals surface area contributed by atoms with Crippen molar-refractivity contribution in [1.82, 2.24) is 10.7 Å². The lowest BCUT2D eigenvalue weighted by molar-refractivity contribution is -0.123. The predicted molar refractivity (Wildman–Crippen MR) is 117 cm³/mol. The molecule has 0 radical (unpaired) electrons. The molecule has 3 rings (SSSR count). The first-order valence-corrected chi connectivity index (χ1v) is 9.66. The highest BCUT2D eigenvalue weighted by Crippen LogP contribution is 2.27. The number of benzene rings is 2. The summed E-state index contributed by atoms with van der Waals surface area (Å²) in [5.41, 5.74) is 3.58. The SMILES string of the molecule is COc1ccc(C(=O)N/N=C/c2ccc(OCC(=O)NCc3ccco3)cc2)cc1OC. The molecule has 0 spiro atoms. The van der Waals surface area contributed by atoms with E-state index in [2.05, 4.69) is 15.8 Å². The fourth-order valence-corrected chi connectivity index (χ4v) is 2.66. The minimum Gasteiger partial charge on any atom is -0.493 e. The van der Waals surface area contributed by atoms with Gasteiger partial charge in [0.1, 0.15) is 11.5 Å². The standard InChI is InChI=1S/C23H23N3O6/c1-29-20-10-7-17(12-21(20)30-2)23(28)26-25-13-16-5-8-18(9-6-16)32-15-22(27)24-14-19-4-3-11-31-19/h3-13H,14-15H2,1-2H3,(H,24,27)(H,26,28)/b25-13+. The molecule has 0 aliphatic carbocycles. The summed E-state index contributed by atoms with van der Waals surface area (Å²) >= 11 is 0. The summed E-state index contributed by atoms with van der Waals surface area (Å²) in [6.07, 6.45) is 3.04. The quantitative estimate of drug-likeness (QED) is 0.373. The lowest BCUT2D eigenvalue weighted by Gasteiger charge is -2.08. The number of furan rings is 1. The van der Waals surface area contributed by atoms with Gasteiger partial charge >= 0.3 is 0 Å². The lowest BCUT2D eigenvalue weighted by atomic mass is 10.2. The van der Waals surface area contributed by atoms with Gasteiger partial charge in [-0.1, -0.05) is 0 Å². The fraction of sp³-hybridized carbons (Fsp3) is 0.174. The zero-order valence-electron chi connectivity index (χ0n) is 17.7. The lowest BCUT2D eigenvalue weighted by Crippen LogP contribution is -2.28. The number of hydrogen-bond acceptors (Lipinski definition) is 7. The highest BCUT2D eigenvalue weighted by molar-refractivity contribution is 5.95. The molecule has 9 nitrogen and oxygen atoms in total. The Labute approximate surface area is 185 Å². The Hall–Kier alpha value is -4.27. The number of nitrogens with zero attached hydrogens (tertiary/aromatic N) is 1. The summed E-state index contributed by atoms with van der Waals surface area (Å²) in [5, 5.41) is 6.66. The van der Waals surface area contributed by atoms with Crippen molar-refractivity contribution in [3.8, 4) is 17.2 Å². The van der Waals surface area contributed by atoms with Crippen LogP contribution in [0, 0.1) is 0 Å². The van der Waals surface area contributed by atoms with Crippen LogP contribution in [0.4, 0.5) is 0 Å². The molecule has 0 fully saturated rings. The van der Waals surface area contributed by atoms with Crippen molar-refractivity contribution in [1.29, 1.82) is 0 Å². The average molecular weight is 437 g/mol. The van der Waals surface area contributed by atoms with Gasteiger partial charge in [0.15, 0.2) is 18.1 Å². The van der Waals surface area contributed by atoms with Crippen molar-refractivity contribution in [2.24, 2.45) is 5.10 Å². The van der Waals surface area contributed by atoms with Crippen LogP contribution in [0.25, 0.3) is 0 Å². The van der Waals surface area contributed by atoms with E-state index in [1.54, 1.807) is 60.9 Å². The van der Waals surface area contributed by atoms with Gasteiger partial charge in [0.05, 0.1) is 33.2 Å². The maximum atomic E-state index is 12.2. The van der Waals surface area contributed by atoms with Crippen LogP contribution in [0.3, 0.4) is 0 Å². The first-order valence-electron chi connectivity index (χ1n) is 9.66. The minimum absolute atomic E-state index is 0.116. The number of amides is 2. The Kier molecular flexibility index (Phi) is 7.85. The molecule has 9 heteroatoms. The molecule has 166 valence electrons. The van der Waals surface area contributed by atoms with Crippen LogP contribution < -0.4 is 25.0 Å². The Morgan fingerprint density at radius 2 is 1.81 bits per heavy atom. The number of carbonyl (C=O) groups is 2. The molecule has 2 aromatic carbocycles. The summed E-state index contributed by atoms with van der Waals surface area (Å²) < 4.78 is 20.9. The van der Waals surface area contributed by atoms with Gasteiger partial charge in [-0.05, 0) is 60.2 Å². The Morgan fingerprint density at radius 3 is 2.50 bits per heavy atom. The van der Waals surface area contributed by atoms with Crippen LogP contribution in [-0.4, -0.2) is 38.9 Å². The molecule has 1 aromatic heterocycles. The Morgan fingerprint density at radius 1 is 1.03 bits per heavy atom. The Balaban J connectivity index is 1.45. The maximum Gasteiger partial charge on any atom is 0.271 e. The normalized spacial score (nSPS) is 10.6. The molecule has 2 N–H and O–H groups in total. The van der Waals surface area contributed by atoms with Crippen LogP contribution in [0.2, 0.25) is 0 Å². The summed E-state index contributed by atoms with van der Waals surface area (Å²) in [6, 6.07) is 15.3. The molecule has 3 aromatic rings. The molecule has 0 bridgehead atoms. The van der Waals surface area contributed by atoms with Crippen molar-refractivity contribution < 1.29 is 28.2 Å². The summed E-state index contributed by atoms with van der Waals surface area (Å²) in [5.74, 6) is 1.54. The largest absolute Gasteiger partial charge is 0.493 e. The zero-order valence-corrected chi connectivity index (χ0v) is 17.7. The van der Waals surface area contributed by atoms with E-state index in [4.69, 9.17) is 18.6 Å². The van der Waals surface area contributed by atoms with Crippen LogP contribution in [0.15, 0.2) is 70.4 Å². The third-order valence-electron chi connectivity index (χ3n) is 4.32. The summed E-state index contributed by atoms with van der Waals surface area (Å²) in [6.45, 7) is 0.190. The number of nitrogens with one attached hydrogen (secondary N) is 2. The third-order valence-corrected chi connectivity index (χ3v) is 4.32. The molecule has 0 aliphatic heterocycles. The molecule has 0 aliphatic rings. The summed E-state index contributed by atoms with van der Waals surface area (Å²) in [7, 11) is 3.02. The van der Waals surface area contributed by atoms with E-state index in [0.29, 0.717) is 35.1 Å². The molecule has 2 amide bonds. The fourth-order valence-electron chi connectivity index (χ4n) is 2.66. The number of methoxy groups -OCH3 is 2. The van der Waals surface area contributed by atoms with Gasteiger partial charge < -0.3 is 23.9 Å². The van der Waals surface area contributed by atoms with E-state index in [1.165, 1.54) is 20.4 Å². The van der Waals surface area contributed by atoms with Gasteiger partial charge in [-0.3, -0.25) is 9.59 Å². The molecule has 0 atom stereocenters. The Bertz CT molecular complexity index is 1060. The van der Waals surface area contributed by atoms with E-state index in [9.17, 15) is 9.59 Å². The van der Waals surface area contributed by atoms with Crippen molar-refractivity contribution in [3.05, 3.63) is 77.7 Å². The number of hydrazone groups is 1. The molecular weight excluding hydrogens is 414 g/mol. The van der Waals surface area contributed by atoms with Crippen LogP contribution in [0.1, 0.15) is 21.7 Å². The van der Waals surface area contributed by atoms with Gasteiger partial charge in [-0.15, -0.1) is 0 Å². The van der Waals surface area contributed by atoms with E-state index in [-0.39, 0.29) is 18.4 Å². The molecule has 32 heavy (non-hydrogen) atoms. The second-order valence-electron chi connectivity index (χ2n) is 6.48. The van der Waals surface area contributed by atoms with E-state index >= 15 is 0 Å². The van der Waals surface area contributed by atoms with Gasteiger partial charge in [0.25, 0.3) is 11.8 Å². The molecule has 1 heterocycles. The van der Waals surface area contributed by atoms with E-state index in [0.717, 1.165) is 5.56 Å². The predicted octanol–water partition coefficient (Wildman–Crippen LogP) is 2.76. The number of ether oxygens (including phenoxy) is 3. The smallest absolute Gasteiger partial charge is 0.271 e. The van der Waals surface area contributed by atoms with Gasteiger partial charge in [0.2, 0.25) is 0 Å². The van der Waals surface area contributed by atoms with E-state index in [1.807, 2.05) is 0 Å². The molecule has 0 unspecified atom stereocenters. The maximum absolute atomic E-state index is 12.2. The molecule has 0 saturated heterocycles. The van der Waals surface area contributed by atoms with Crippen molar-refractivity contribution >= 4 is 18.0 Å². The van der Waals surface area contributed by atoms with Gasteiger partial charge in [-0.2, -0.15) is 5.10 Å². The highest BCUT2D eigenvalue weighted by Gasteiger charge is 2.10. The number of carbonyl (C=O) groups excluding carboxylic acids is 2. The van der Waals surface area contributed by atoms with Gasteiger partial charge in [0, 0.05) is 5.56 Å². The third kappa shape index (κ3) is 6.36. The van der Waals surface area contributed by atoms with Crippen molar-refractivity contribution in [2.75, 3.05) is 20.8 Å². The van der Waals surface area contributed by atoms with E-state index < -0.39 is 0 Å². The first-order chi connectivity index (χ1) is 15.6. The van der Waals surface area contributed by atoms with Crippen LogP contribution >= 0.6 is 0 Å². The second-order valence-corrected chi connectivity index (χ2v) is 6.48. The van der Waals surface area contributed by atoms with Crippen molar-refractivity contribution in [3.63, 3.8) is 0 Å². The summed E-state index contributed by atoms with van der Waals surface area (Å²) in [4.78, 5) is 24.1. The first kappa shape index (κ1) is 22.4. The number of rotatable bonds is 10. The number of hydrogen-bond donors (Lipinski definition) is 2. The van der Waals surface area contributed by atoms with Crippen LogP contribution in [-0.2, 0) is 11.3 Å².